The molecule has 0 unspecified atom stereocenters. The summed E-state index contributed by atoms with van der Waals surface area (Å²) in [5, 5.41) is 0.479. The third kappa shape index (κ3) is 1.69. The Kier molecular flexibility index (Phi) is 2.19. The summed E-state index contributed by atoms with van der Waals surface area (Å²) < 4.78 is 5.15. The molecule has 0 saturated carbocycles. The van der Waals surface area contributed by atoms with Crippen molar-refractivity contribution in [1.82, 2.24) is 9.97 Å². The Morgan fingerprint density at radius 1 is 1.00 bits per heavy atom. The Balaban J connectivity index is 2.30. The predicted molar refractivity (Wildman–Crippen MR) is 63.5 cm³/mol. The minimum absolute atomic E-state index is 0.245. The quantitative estimate of drug-likeness (QED) is 0.636. The zero-order chi connectivity index (χ0) is 11.7. The number of hydrogen-bond acceptors (Lipinski definition) is 4. The molecular formula is C13H8N2O2. The molecule has 0 fully saturated rings. The van der Waals surface area contributed by atoms with E-state index in [1.54, 1.807) is 36.5 Å². The van der Waals surface area contributed by atoms with Gasteiger partial charge in [-0.15, -0.1) is 0 Å². The van der Waals surface area contributed by atoms with Crippen molar-refractivity contribution in [2.45, 2.75) is 0 Å². The largest absolute Gasteiger partial charge is 0.401 e. The van der Waals surface area contributed by atoms with Gasteiger partial charge in [-0.3, -0.25) is 4.98 Å². The van der Waals surface area contributed by atoms with E-state index in [0.717, 1.165) is 0 Å². The summed E-state index contributed by atoms with van der Waals surface area (Å²) in [5.41, 5.74) is 0.774. The third-order valence-electron chi connectivity index (χ3n) is 2.42. The van der Waals surface area contributed by atoms with Crippen LogP contribution in [0.2, 0.25) is 0 Å². The van der Waals surface area contributed by atoms with Crippen LogP contribution in [0.4, 0.5) is 0 Å². The summed E-state index contributed by atoms with van der Waals surface area (Å²) in [7, 11) is 0. The first-order valence-corrected chi connectivity index (χ1v) is 5.16. The number of pyridine rings is 1. The van der Waals surface area contributed by atoms with Gasteiger partial charge in [-0.25, -0.2) is 9.78 Å². The molecule has 4 nitrogen and oxygen atoms in total. The summed E-state index contributed by atoms with van der Waals surface area (Å²) in [5.74, 6) is 0.245. The molecule has 2 heterocycles. The lowest BCUT2D eigenvalue weighted by molar-refractivity contribution is 0.516. The first-order valence-electron chi connectivity index (χ1n) is 5.16. The van der Waals surface area contributed by atoms with Gasteiger partial charge in [-0.05, 0) is 24.3 Å². The van der Waals surface area contributed by atoms with Crippen LogP contribution in [0.1, 0.15) is 0 Å². The van der Waals surface area contributed by atoms with E-state index in [9.17, 15) is 4.79 Å². The molecule has 82 valence electrons. The van der Waals surface area contributed by atoms with Gasteiger partial charge >= 0.3 is 5.63 Å². The highest BCUT2D eigenvalue weighted by Crippen LogP contribution is 2.15. The SMILES string of the molecule is O=c1oc(-c2ccccn2)nc2ccccc12. The fourth-order valence-electron chi connectivity index (χ4n) is 1.62. The van der Waals surface area contributed by atoms with Crippen LogP contribution in [0.25, 0.3) is 22.5 Å². The van der Waals surface area contributed by atoms with Gasteiger partial charge < -0.3 is 4.42 Å². The predicted octanol–water partition coefficient (Wildman–Crippen LogP) is 2.25. The summed E-state index contributed by atoms with van der Waals surface area (Å²) in [6, 6.07) is 12.4. The minimum Gasteiger partial charge on any atom is -0.401 e. The standard InChI is InChI=1S/C13H8N2O2/c16-13-9-5-1-2-6-10(9)15-12(17-13)11-7-3-4-8-14-11/h1-8H. The van der Waals surface area contributed by atoms with E-state index < -0.39 is 5.63 Å². The normalized spacial score (nSPS) is 10.6. The fraction of sp³-hybridized carbons (Fsp3) is 0. The topological polar surface area (TPSA) is 56.0 Å². The molecule has 0 amide bonds. The number of rotatable bonds is 1. The maximum absolute atomic E-state index is 11.7. The Labute approximate surface area is 96.6 Å². The third-order valence-corrected chi connectivity index (χ3v) is 2.42. The van der Waals surface area contributed by atoms with Crippen molar-refractivity contribution in [3.63, 3.8) is 0 Å². The molecule has 0 N–H and O–H groups in total. The molecule has 4 heteroatoms. The Hall–Kier alpha value is -2.49. The van der Waals surface area contributed by atoms with Crippen LogP contribution in [-0.2, 0) is 0 Å². The molecule has 1 aromatic carbocycles. The molecule has 0 radical (unpaired) electrons. The van der Waals surface area contributed by atoms with Crippen molar-refractivity contribution < 1.29 is 4.42 Å². The lowest BCUT2D eigenvalue weighted by Gasteiger charge is -1.99. The first-order chi connectivity index (χ1) is 8.34. The lowest BCUT2D eigenvalue weighted by Crippen LogP contribution is -2.03. The van der Waals surface area contributed by atoms with Gasteiger partial charge in [0.05, 0.1) is 10.9 Å². The van der Waals surface area contributed by atoms with Crippen molar-refractivity contribution in [1.29, 1.82) is 0 Å². The molecule has 0 aliphatic carbocycles. The van der Waals surface area contributed by atoms with Gasteiger partial charge in [0.2, 0.25) is 5.89 Å². The zero-order valence-corrected chi connectivity index (χ0v) is 8.83. The Morgan fingerprint density at radius 3 is 2.65 bits per heavy atom. The van der Waals surface area contributed by atoms with E-state index in [-0.39, 0.29) is 5.89 Å². The molecule has 2 aromatic heterocycles. The van der Waals surface area contributed by atoms with Gasteiger partial charge in [-0.1, -0.05) is 18.2 Å². The van der Waals surface area contributed by atoms with Crippen LogP contribution in [-0.4, -0.2) is 9.97 Å². The van der Waals surface area contributed by atoms with E-state index in [0.29, 0.717) is 16.6 Å². The van der Waals surface area contributed by atoms with Gasteiger partial charge in [0, 0.05) is 6.20 Å². The van der Waals surface area contributed by atoms with Crippen molar-refractivity contribution in [2.75, 3.05) is 0 Å². The smallest absolute Gasteiger partial charge is 0.347 e. The summed E-state index contributed by atoms with van der Waals surface area (Å²) in [6.45, 7) is 0. The van der Waals surface area contributed by atoms with E-state index in [1.807, 2.05) is 12.1 Å². The van der Waals surface area contributed by atoms with E-state index in [4.69, 9.17) is 4.42 Å². The van der Waals surface area contributed by atoms with Gasteiger partial charge in [0.15, 0.2) is 0 Å². The average Bonchev–Trinajstić information content (AvgIpc) is 2.40. The monoisotopic (exact) mass is 224 g/mol. The number of benzene rings is 1. The highest BCUT2D eigenvalue weighted by molar-refractivity contribution is 5.78. The lowest BCUT2D eigenvalue weighted by atomic mass is 10.2. The number of aromatic nitrogens is 2. The van der Waals surface area contributed by atoms with Gasteiger partial charge in [0.1, 0.15) is 5.69 Å². The second kappa shape index (κ2) is 3.83. The minimum atomic E-state index is -0.392. The van der Waals surface area contributed by atoms with Gasteiger partial charge in [0.25, 0.3) is 0 Å². The molecular weight excluding hydrogens is 216 g/mol. The van der Waals surface area contributed by atoms with Crippen LogP contribution in [0.5, 0.6) is 0 Å². The Morgan fingerprint density at radius 2 is 1.82 bits per heavy atom. The molecule has 0 bridgehead atoms. The fourth-order valence-corrected chi connectivity index (χ4v) is 1.62. The zero-order valence-electron chi connectivity index (χ0n) is 8.83. The molecule has 0 aliphatic rings. The molecule has 3 aromatic rings. The van der Waals surface area contributed by atoms with Crippen molar-refractivity contribution in [3.8, 4) is 11.6 Å². The molecule has 0 aliphatic heterocycles. The second-order valence-electron chi connectivity index (χ2n) is 3.54. The molecule has 0 saturated heterocycles. The highest BCUT2D eigenvalue weighted by Gasteiger charge is 2.07. The molecule has 3 rings (SSSR count). The van der Waals surface area contributed by atoms with E-state index in [2.05, 4.69) is 9.97 Å². The van der Waals surface area contributed by atoms with Crippen LogP contribution >= 0.6 is 0 Å². The molecule has 17 heavy (non-hydrogen) atoms. The van der Waals surface area contributed by atoms with E-state index >= 15 is 0 Å². The summed E-state index contributed by atoms with van der Waals surface area (Å²) >= 11 is 0. The molecule has 0 spiro atoms. The van der Waals surface area contributed by atoms with Crippen LogP contribution in [0, 0.1) is 0 Å². The molecule has 0 atom stereocenters. The second-order valence-corrected chi connectivity index (χ2v) is 3.54. The highest BCUT2D eigenvalue weighted by atomic mass is 16.4. The number of para-hydroxylation sites is 1. The van der Waals surface area contributed by atoms with Crippen LogP contribution in [0.3, 0.4) is 0 Å². The Bertz CT molecular complexity index is 720. The first kappa shape index (κ1) is 9.72. The number of hydrogen-bond donors (Lipinski definition) is 0. The van der Waals surface area contributed by atoms with E-state index in [1.165, 1.54) is 0 Å². The summed E-state index contributed by atoms with van der Waals surface area (Å²) in [6.07, 6.45) is 1.63. The number of fused-ring (bicyclic) bond motifs is 1. The maximum Gasteiger partial charge on any atom is 0.347 e. The maximum atomic E-state index is 11.7. The average molecular weight is 224 g/mol. The van der Waals surface area contributed by atoms with Crippen LogP contribution in [0.15, 0.2) is 57.9 Å². The number of nitrogens with zero attached hydrogens (tertiary/aromatic N) is 2. The van der Waals surface area contributed by atoms with Crippen molar-refractivity contribution >= 4 is 10.9 Å². The van der Waals surface area contributed by atoms with Gasteiger partial charge in [-0.2, -0.15) is 0 Å². The summed E-state index contributed by atoms with van der Waals surface area (Å²) in [4.78, 5) is 20.1. The van der Waals surface area contributed by atoms with Crippen molar-refractivity contribution in [2.24, 2.45) is 0 Å². The van der Waals surface area contributed by atoms with Crippen molar-refractivity contribution in [3.05, 3.63) is 59.1 Å². The van der Waals surface area contributed by atoms with Crippen LogP contribution < -0.4 is 5.63 Å².